The third-order valence-electron chi connectivity index (χ3n) is 4.05. The molecular formula is C19H22ClNO4. The zero-order valence-corrected chi connectivity index (χ0v) is 14.8. The van der Waals surface area contributed by atoms with Crippen molar-refractivity contribution in [2.75, 3.05) is 13.2 Å². The maximum Gasteiger partial charge on any atom is 0.302 e. The molecule has 0 aliphatic carbocycles. The van der Waals surface area contributed by atoms with E-state index in [4.69, 9.17) is 9.47 Å². The summed E-state index contributed by atoms with van der Waals surface area (Å²) in [5.41, 5.74) is 3.41. The second kappa shape index (κ2) is 8.74. The first-order chi connectivity index (χ1) is 11.6. The number of phenols is 1. The number of benzene rings is 2. The van der Waals surface area contributed by atoms with Gasteiger partial charge in [-0.3, -0.25) is 4.79 Å². The molecule has 1 atom stereocenters. The first kappa shape index (κ1) is 19.1. The highest BCUT2D eigenvalue weighted by molar-refractivity contribution is 5.85. The lowest BCUT2D eigenvalue weighted by Gasteiger charge is -2.22. The summed E-state index contributed by atoms with van der Waals surface area (Å²) in [6.07, 6.45) is 0.592. The Hall–Kier alpha value is -2.24. The fourth-order valence-electron chi connectivity index (χ4n) is 2.77. The maximum absolute atomic E-state index is 11.2. The van der Waals surface area contributed by atoms with Gasteiger partial charge in [0.1, 0.15) is 18.1 Å². The van der Waals surface area contributed by atoms with Gasteiger partial charge in [-0.15, -0.1) is 12.4 Å². The SMILES string of the molecule is CC(=O)OCC(Oc1ccc2c(c1)CNCC2)c1ccc(O)cc1.Cl. The van der Waals surface area contributed by atoms with Gasteiger partial charge in [-0.25, -0.2) is 0 Å². The van der Waals surface area contributed by atoms with E-state index in [1.807, 2.05) is 12.1 Å². The summed E-state index contributed by atoms with van der Waals surface area (Å²) in [6.45, 7) is 3.32. The molecule has 0 radical (unpaired) electrons. The molecule has 25 heavy (non-hydrogen) atoms. The number of esters is 1. The molecule has 1 unspecified atom stereocenters. The quantitative estimate of drug-likeness (QED) is 0.799. The minimum atomic E-state index is -0.427. The van der Waals surface area contributed by atoms with Crippen LogP contribution in [0.25, 0.3) is 0 Å². The van der Waals surface area contributed by atoms with Crippen LogP contribution >= 0.6 is 12.4 Å². The Morgan fingerprint density at radius 3 is 2.68 bits per heavy atom. The van der Waals surface area contributed by atoms with Crippen molar-refractivity contribution in [1.82, 2.24) is 5.32 Å². The normalized spacial score (nSPS) is 14.0. The third-order valence-corrected chi connectivity index (χ3v) is 4.05. The largest absolute Gasteiger partial charge is 0.508 e. The Balaban J connectivity index is 0.00000225. The van der Waals surface area contributed by atoms with Gasteiger partial charge < -0.3 is 19.9 Å². The summed E-state index contributed by atoms with van der Waals surface area (Å²) in [5, 5.41) is 12.8. The molecule has 0 saturated heterocycles. The zero-order chi connectivity index (χ0) is 16.9. The molecule has 134 valence electrons. The van der Waals surface area contributed by atoms with E-state index in [-0.39, 0.29) is 30.7 Å². The number of carbonyl (C=O) groups excluding carboxylic acids is 1. The molecule has 1 heterocycles. The smallest absolute Gasteiger partial charge is 0.302 e. The van der Waals surface area contributed by atoms with E-state index < -0.39 is 6.10 Å². The molecule has 3 rings (SSSR count). The number of fused-ring (bicyclic) bond motifs is 1. The predicted octanol–water partition coefficient (Wildman–Crippen LogP) is 3.14. The molecular weight excluding hydrogens is 342 g/mol. The Morgan fingerprint density at radius 2 is 1.96 bits per heavy atom. The molecule has 1 aliphatic heterocycles. The second-order valence-corrected chi connectivity index (χ2v) is 5.86. The molecule has 0 spiro atoms. The zero-order valence-electron chi connectivity index (χ0n) is 14.0. The maximum atomic E-state index is 11.2. The van der Waals surface area contributed by atoms with Crippen LogP contribution in [0.1, 0.15) is 29.7 Å². The van der Waals surface area contributed by atoms with E-state index >= 15 is 0 Å². The lowest BCUT2D eigenvalue weighted by Crippen LogP contribution is -2.23. The minimum Gasteiger partial charge on any atom is -0.508 e. The Bertz CT molecular complexity index is 718. The van der Waals surface area contributed by atoms with Gasteiger partial charge in [-0.05, 0) is 53.9 Å². The second-order valence-electron chi connectivity index (χ2n) is 5.86. The molecule has 6 heteroatoms. The van der Waals surface area contributed by atoms with Crippen LogP contribution in [-0.4, -0.2) is 24.2 Å². The first-order valence-electron chi connectivity index (χ1n) is 8.03. The van der Waals surface area contributed by atoms with Crippen LogP contribution in [-0.2, 0) is 22.5 Å². The van der Waals surface area contributed by atoms with Crippen molar-refractivity contribution in [2.45, 2.75) is 26.0 Å². The topological polar surface area (TPSA) is 67.8 Å². The van der Waals surface area contributed by atoms with Crippen molar-refractivity contribution in [3.05, 3.63) is 59.2 Å². The highest BCUT2D eigenvalue weighted by Gasteiger charge is 2.17. The van der Waals surface area contributed by atoms with E-state index in [1.54, 1.807) is 24.3 Å². The van der Waals surface area contributed by atoms with Gasteiger partial charge in [-0.1, -0.05) is 18.2 Å². The van der Waals surface area contributed by atoms with Crippen molar-refractivity contribution >= 4 is 18.4 Å². The lowest BCUT2D eigenvalue weighted by molar-refractivity contribution is -0.143. The van der Waals surface area contributed by atoms with Gasteiger partial charge in [0.25, 0.3) is 0 Å². The molecule has 0 bridgehead atoms. The standard InChI is InChI=1S/C19H21NO4.ClH/c1-13(21)23-12-19(15-2-5-17(22)6-3-15)24-18-7-4-14-8-9-20-11-16(14)10-18;/h2-7,10,19-20,22H,8-9,11-12H2,1H3;1H. The van der Waals surface area contributed by atoms with Crippen LogP contribution < -0.4 is 10.1 Å². The van der Waals surface area contributed by atoms with E-state index in [0.717, 1.165) is 30.8 Å². The Morgan fingerprint density at radius 1 is 1.20 bits per heavy atom. The van der Waals surface area contributed by atoms with Crippen LogP contribution in [0.5, 0.6) is 11.5 Å². The van der Waals surface area contributed by atoms with E-state index in [1.165, 1.54) is 18.1 Å². The molecule has 0 aromatic heterocycles. The van der Waals surface area contributed by atoms with Crippen LogP contribution in [0.3, 0.4) is 0 Å². The van der Waals surface area contributed by atoms with Crippen molar-refractivity contribution in [2.24, 2.45) is 0 Å². The van der Waals surface area contributed by atoms with Crippen LogP contribution in [0.4, 0.5) is 0 Å². The summed E-state index contributed by atoms with van der Waals surface area (Å²) in [4.78, 5) is 11.2. The van der Waals surface area contributed by atoms with Crippen LogP contribution in [0.15, 0.2) is 42.5 Å². The predicted molar refractivity (Wildman–Crippen MR) is 97.2 cm³/mol. The highest BCUT2D eigenvalue weighted by atomic mass is 35.5. The molecule has 5 nitrogen and oxygen atoms in total. The lowest BCUT2D eigenvalue weighted by atomic mass is 10.0. The van der Waals surface area contributed by atoms with E-state index in [2.05, 4.69) is 11.4 Å². The van der Waals surface area contributed by atoms with Crippen molar-refractivity contribution in [3.8, 4) is 11.5 Å². The monoisotopic (exact) mass is 363 g/mol. The number of rotatable bonds is 5. The Kier molecular flexibility index (Phi) is 6.67. The van der Waals surface area contributed by atoms with E-state index in [0.29, 0.717) is 0 Å². The highest BCUT2D eigenvalue weighted by Crippen LogP contribution is 2.27. The summed E-state index contributed by atoms with van der Waals surface area (Å²) in [5.74, 6) is 0.574. The van der Waals surface area contributed by atoms with Gasteiger partial charge >= 0.3 is 5.97 Å². The molecule has 1 aliphatic rings. The number of nitrogens with one attached hydrogen (secondary N) is 1. The van der Waals surface area contributed by atoms with Gasteiger partial charge in [-0.2, -0.15) is 0 Å². The fraction of sp³-hybridized carbons (Fsp3) is 0.316. The first-order valence-corrected chi connectivity index (χ1v) is 8.03. The number of hydrogen-bond acceptors (Lipinski definition) is 5. The molecule has 0 amide bonds. The third kappa shape index (κ3) is 5.11. The van der Waals surface area contributed by atoms with Gasteiger partial charge in [0.2, 0.25) is 0 Å². The number of phenolic OH excluding ortho intramolecular Hbond substituents is 1. The van der Waals surface area contributed by atoms with Gasteiger partial charge in [0.05, 0.1) is 0 Å². The van der Waals surface area contributed by atoms with Crippen molar-refractivity contribution < 1.29 is 19.4 Å². The van der Waals surface area contributed by atoms with Gasteiger partial charge in [0.15, 0.2) is 6.10 Å². The fourth-order valence-corrected chi connectivity index (χ4v) is 2.77. The summed E-state index contributed by atoms with van der Waals surface area (Å²) >= 11 is 0. The minimum absolute atomic E-state index is 0. The summed E-state index contributed by atoms with van der Waals surface area (Å²) in [7, 11) is 0. The number of aromatic hydroxyl groups is 1. The average Bonchev–Trinajstić information content (AvgIpc) is 2.59. The van der Waals surface area contributed by atoms with Gasteiger partial charge in [0, 0.05) is 13.5 Å². The average molecular weight is 364 g/mol. The molecule has 2 aromatic carbocycles. The molecule has 2 N–H and O–H groups in total. The molecule has 0 saturated carbocycles. The summed E-state index contributed by atoms with van der Waals surface area (Å²) < 4.78 is 11.2. The number of ether oxygens (including phenoxy) is 2. The van der Waals surface area contributed by atoms with Crippen LogP contribution in [0.2, 0.25) is 0 Å². The molecule has 2 aromatic rings. The molecule has 0 fully saturated rings. The number of carbonyl (C=O) groups is 1. The number of hydrogen-bond donors (Lipinski definition) is 2. The number of halogens is 1. The summed E-state index contributed by atoms with van der Waals surface area (Å²) in [6, 6.07) is 12.8. The van der Waals surface area contributed by atoms with Crippen molar-refractivity contribution in [1.29, 1.82) is 0 Å². The Labute approximate surface area is 153 Å². The van der Waals surface area contributed by atoms with E-state index in [9.17, 15) is 9.90 Å². The van der Waals surface area contributed by atoms with Crippen LogP contribution in [0, 0.1) is 0 Å². The van der Waals surface area contributed by atoms with Crippen molar-refractivity contribution in [3.63, 3.8) is 0 Å².